The molecule has 1 aliphatic heterocycles. The largest absolute Gasteiger partial charge is 0.350 e. The molecule has 0 aromatic heterocycles. The normalized spacial score (nSPS) is 15.2. The molecule has 6 nitrogen and oxygen atoms in total. The monoisotopic (exact) mass is 349 g/mol. The van der Waals surface area contributed by atoms with Gasteiger partial charge >= 0.3 is 0 Å². The first kappa shape index (κ1) is 18.3. The van der Waals surface area contributed by atoms with Crippen LogP contribution in [0.5, 0.6) is 0 Å². The second-order valence-electron chi connectivity index (χ2n) is 5.73. The lowest BCUT2D eigenvalue weighted by atomic mass is 10.1. The van der Waals surface area contributed by atoms with Gasteiger partial charge in [-0.3, -0.25) is 14.4 Å². The van der Waals surface area contributed by atoms with E-state index < -0.39 is 0 Å². The fraction of sp³-hybridized carbons (Fsp3) is 0.471. The molecule has 1 atom stereocenters. The summed E-state index contributed by atoms with van der Waals surface area (Å²) in [5.74, 6) is 0.369. The van der Waals surface area contributed by atoms with Crippen molar-refractivity contribution >= 4 is 34.5 Å². The van der Waals surface area contributed by atoms with E-state index in [0.29, 0.717) is 24.3 Å². The predicted octanol–water partition coefficient (Wildman–Crippen LogP) is 2.71. The van der Waals surface area contributed by atoms with Crippen molar-refractivity contribution < 1.29 is 14.4 Å². The zero-order chi connectivity index (χ0) is 17.5. The Kier molecular flexibility index (Phi) is 6.66. The Hall–Kier alpha value is -2.02. The van der Waals surface area contributed by atoms with Crippen LogP contribution in [0.3, 0.4) is 0 Å². The molecular weight excluding hydrogens is 326 g/mol. The topological polar surface area (TPSA) is 78.5 Å². The maximum absolute atomic E-state index is 12.3. The van der Waals surface area contributed by atoms with Gasteiger partial charge in [-0.05, 0) is 25.5 Å². The third-order valence-corrected chi connectivity index (χ3v) is 4.78. The van der Waals surface area contributed by atoms with Crippen molar-refractivity contribution in [2.24, 2.45) is 0 Å². The minimum atomic E-state index is -0.205. The van der Waals surface area contributed by atoms with Gasteiger partial charge in [-0.1, -0.05) is 30.8 Å². The van der Waals surface area contributed by atoms with Crippen LogP contribution in [0.1, 0.15) is 37.0 Å². The van der Waals surface area contributed by atoms with Gasteiger partial charge in [-0.2, -0.15) is 0 Å². The van der Waals surface area contributed by atoms with Crippen LogP contribution in [0.15, 0.2) is 24.3 Å². The van der Waals surface area contributed by atoms with Gasteiger partial charge in [0.25, 0.3) is 11.1 Å². The Bertz CT molecular complexity index is 621. The molecule has 1 aromatic carbocycles. The Morgan fingerprint density at radius 2 is 2.08 bits per heavy atom. The third kappa shape index (κ3) is 4.99. The highest BCUT2D eigenvalue weighted by Crippen LogP contribution is 2.18. The van der Waals surface area contributed by atoms with Crippen molar-refractivity contribution in [3.05, 3.63) is 29.8 Å². The molecule has 0 aliphatic carbocycles. The zero-order valence-corrected chi connectivity index (χ0v) is 14.8. The van der Waals surface area contributed by atoms with Gasteiger partial charge in [0, 0.05) is 31.3 Å². The number of rotatable bonds is 7. The summed E-state index contributed by atoms with van der Waals surface area (Å²) in [7, 11) is 0. The van der Waals surface area contributed by atoms with Crippen molar-refractivity contribution in [2.45, 2.75) is 32.7 Å². The highest BCUT2D eigenvalue weighted by molar-refractivity contribution is 8.13. The highest BCUT2D eigenvalue weighted by atomic mass is 32.2. The van der Waals surface area contributed by atoms with Crippen molar-refractivity contribution in [2.75, 3.05) is 24.2 Å². The molecule has 1 aliphatic rings. The Balaban J connectivity index is 1.95. The molecule has 1 fully saturated rings. The molecule has 7 heteroatoms. The lowest BCUT2D eigenvalue weighted by Crippen LogP contribution is -2.33. The molecule has 0 bridgehead atoms. The van der Waals surface area contributed by atoms with Gasteiger partial charge in [0.15, 0.2) is 0 Å². The fourth-order valence-corrected chi connectivity index (χ4v) is 3.12. The van der Waals surface area contributed by atoms with Crippen LogP contribution in [0.25, 0.3) is 0 Å². The second-order valence-corrected chi connectivity index (χ2v) is 6.77. The van der Waals surface area contributed by atoms with E-state index in [1.165, 1.54) is 11.8 Å². The molecule has 0 radical (unpaired) electrons. The molecule has 1 aromatic rings. The minimum absolute atomic E-state index is 0.0242. The SMILES string of the molecule is CCC(C)NC(=O)c1ccccc1NC(=O)CCN1CCSC1=O. The number of nitrogens with one attached hydrogen (secondary N) is 2. The Labute approximate surface area is 146 Å². The van der Waals surface area contributed by atoms with E-state index in [2.05, 4.69) is 10.6 Å². The van der Waals surface area contributed by atoms with Crippen LogP contribution in [0, 0.1) is 0 Å². The predicted molar refractivity (Wildman–Crippen MR) is 96.3 cm³/mol. The molecule has 1 saturated heterocycles. The summed E-state index contributed by atoms with van der Waals surface area (Å²) in [6.07, 6.45) is 1.05. The van der Waals surface area contributed by atoms with Crippen LogP contribution < -0.4 is 10.6 Å². The average Bonchev–Trinajstić information content (AvgIpc) is 2.98. The minimum Gasteiger partial charge on any atom is -0.350 e. The molecule has 1 unspecified atom stereocenters. The molecule has 1 heterocycles. The quantitative estimate of drug-likeness (QED) is 0.793. The van der Waals surface area contributed by atoms with E-state index in [0.717, 1.165) is 12.2 Å². The first-order valence-electron chi connectivity index (χ1n) is 8.12. The van der Waals surface area contributed by atoms with Gasteiger partial charge in [-0.25, -0.2) is 0 Å². The van der Waals surface area contributed by atoms with Gasteiger partial charge in [0.1, 0.15) is 0 Å². The second kappa shape index (κ2) is 8.73. The van der Waals surface area contributed by atoms with Crippen LogP contribution in [-0.2, 0) is 4.79 Å². The van der Waals surface area contributed by atoms with Crippen LogP contribution in [0.2, 0.25) is 0 Å². The Morgan fingerprint density at radius 3 is 2.75 bits per heavy atom. The molecule has 24 heavy (non-hydrogen) atoms. The van der Waals surface area contributed by atoms with E-state index in [1.807, 2.05) is 13.8 Å². The van der Waals surface area contributed by atoms with Gasteiger partial charge in [0.2, 0.25) is 5.91 Å². The number of carbonyl (C=O) groups excluding carboxylic acids is 3. The number of anilines is 1. The number of benzene rings is 1. The number of hydrogen-bond donors (Lipinski definition) is 2. The molecule has 0 saturated carbocycles. The molecule has 130 valence electrons. The van der Waals surface area contributed by atoms with Gasteiger partial charge in [-0.15, -0.1) is 0 Å². The summed E-state index contributed by atoms with van der Waals surface area (Å²) in [4.78, 5) is 37.6. The van der Waals surface area contributed by atoms with Crippen molar-refractivity contribution in [1.82, 2.24) is 10.2 Å². The van der Waals surface area contributed by atoms with E-state index in [1.54, 1.807) is 29.2 Å². The van der Waals surface area contributed by atoms with Crippen LogP contribution in [0.4, 0.5) is 10.5 Å². The highest BCUT2D eigenvalue weighted by Gasteiger charge is 2.21. The molecule has 0 spiro atoms. The number of thioether (sulfide) groups is 1. The summed E-state index contributed by atoms with van der Waals surface area (Å²) in [6.45, 7) is 5.02. The fourth-order valence-electron chi connectivity index (χ4n) is 2.27. The summed E-state index contributed by atoms with van der Waals surface area (Å²) in [6, 6.07) is 7.01. The lowest BCUT2D eigenvalue weighted by Gasteiger charge is -2.16. The van der Waals surface area contributed by atoms with Gasteiger partial charge in [0.05, 0.1) is 11.3 Å². The average molecular weight is 349 g/mol. The van der Waals surface area contributed by atoms with E-state index in [9.17, 15) is 14.4 Å². The smallest absolute Gasteiger partial charge is 0.281 e. The molecule has 3 amide bonds. The summed E-state index contributed by atoms with van der Waals surface area (Å²) in [5, 5.41) is 5.70. The van der Waals surface area contributed by atoms with Gasteiger partial charge < -0.3 is 15.5 Å². The zero-order valence-electron chi connectivity index (χ0n) is 14.0. The number of amides is 3. The molecule has 2 N–H and O–H groups in total. The summed E-state index contributed by atoms with van der Waals surface area (Å²) >= 11 is 1.28. The number of hydrogen-bond acceptors (Lipinski definition) is 4. The van der Waals surface area contributed by atoms with E-state index in [-0.39, 0.29) is 29.5 Å². The van der Waals surface area contributed by atoms with Crippen molar-refractivity contribution in [3.8, 4) is 0 Å². The lowest BCUT2D eigenvalue weighted by molar-refractivity contribution is -0.116. The standard InChI is InChI=1S/C17H23N3O3S/c1-3-12(2)18-16(22)13-6-4-5-7-14(13)19-15(21)8-9-20-10-11-24-17(20)23/h4-7,12H,3,8-11H2,1-2H3,(H,18,22)(H,19,21). The van der Waals surface area contributed by atoms with Crippen LogP contribution >= 0.6 is 11.8 Å². The number of para-hydroxylation sites is 1. The first-order valence-corrected chi connectivity index (χ1v) is 9.11. The summed E-state index contributed by atoms with van der Waals surface area (Å²) in [5.41, 5.74) is 0.935. The van der Waals surface area contributed by atoms with Crippen LogP contribution in [-0.4, -0.2) is 46.8 Å². The maximum Gasteiger partial charge on any atom is 0.281 e. The maximum atomic E-state index is 12.3. The Morgan fingerprint density at radius 1 is 1.33 bits per heavy atom. The first-order chi connectivity index (χ1) is 11.5. The van der Waals surface area contributed by atoms with Crippen molar-refractivity contribution in [1.29, 1.82) is 0 Å². The van der Waals surface area contributed by atoms with Crippen molar-refractivity contribution in [3.63, 3.8) is 0 Å². The van der Waals surface area contributed by atoms with E-state index in [4.69, 9.17) is 0 Å². The summed E-state index contributed by atoms with van der Waals surface area (Å²) < 4.78 is 0. The number of carbonyl (C=O) groups is 3. The third-order valence-electron chi connectivity index (χ3n) is 3.89. The molecular formula is C17H23N3O3S. The molecule has 2 rings (SSSR count). The van der Waals surface area contributed by atoms with E-state index >= 15 is 0 Å². The number of nitrogens with zero attached hydrogens (tertiary/aromatic N) is 1.